The second kappa shape index (κ2) is 5.32. The molecule has 0 saturated carbocycles. The third-order valence-corrected chi connectivity index (χ3v) is 4.86. The van der Waals surface area contributed by atoms with Crippen LogP contribution >= 0.6 is 0 Å². The topological polar surface area (TPSA) is 97.0 Å². The van der Waals surface area contributed by atoms with Gasteiger partial charge >= 0.3 is 5.97 Å². The van der Waals surface area contributed by atoms with Crippen LogP contribution < -0.4 is 0 Å². The molecule has 1 aromatic heterocycles. The van der Waals surface area contributed by atoms with Crippen molar-refractivity contribution in [2.24, 2.45) is 0 Å². The first kappa shape index (κ1) is 14.0. The smallest absolute Gasteiger partial charge is 0.322 e. The fourth-order valence-corrected chi connectivity index (χ4v) is 3.70. The van der Waals surface area contributed by atoms with Crippen molar-refractivity contribution in [3.05, 3.63) is 18.6 Å². The van der Waals surface area contributed by atoms with E-state index >= 15 is 0 Å². The molecule has 1 fully saturated rings. The Morgan fingerprint density at radius 1 is 1.63 bits per heavy atom. The minimum atomic E-state index is -3.86. The molecule has 7 nitrogen and oxygen atoms in total. The van der Waals surface area contributed by atoms with Crippen LogP contribution in [0.3, 0.4) is 0 Å². The highest BCUT2D eigenvalue weighted by molar-refractivity contribution is 7.89. The molecule has 8 heteroatoms. The van der Waals surface area contributed by atoms with Gasteiger partial charge in [-0.15, -0.1) is 0 Å². The van der Waals surface area contributed by atoms with E-state index in [1.165, 1.54) is 12.3 Å². The molecule has 2 rings (SSSR count). The molecule has 0 aromatic carbocycles. The molecule has 0 aliphatic carbocycles. The third kappa shape index (κ3) is 2.65. The van der Waals surface area contributed by atoms with Crippen LogP contribution in [0, 0.1) is 0 Å². The molecule has 2 heterocycles. The van der Waals surface area contributed by atoms with Gasteiger partial charge in [0, 0.05) is 19.6 Å². The summed E-state index contributed by atoms with van der Waals surface area (Å²) in [6.45, 7) is 2.23. The Labute approximate surface area is 110 Å². The molecular formula is C11H15NO6S. The van der Waals surface area contributed by atoms with Crippen LogP contribution in [0.5, 0.6) is 0 Å². The number of rotatable bonds is 5. The van der Waals surface area contributed by atoms with Gasteiger partial charge in [0.25, 0.3) is 0 Å². The summed E-state index contributed by atoms with van der Waals surface area (Å²) >= 11 is 0. The first-order chi connectivity index (χ1) is 8.96. The molecule has 0 unspecified atom stereocenters. The summed E-state index contributed by atoms with van der Waals surface area (Å²) in [6, 6.07) is 0.193. The number of carbonyl (C=O) groups is 1. The number of furan rings is 1. The molecule has 0 radical (unpaired) electrons. The minimum absolute atomic E-state index is 0.0400. The van der Waals surface area contributed by atoms with E-state index in [-0.39, 0.29) is 17.9 Å². The van der Waals surface area contributed by atoms with Crippen molar-refractivity contribution in [1.29, 1.82) is 0 Å². The number of aliphatic carboxylic acids is 1. The van der Waals surface area contributed by atoms with Crippen LogP contribution in [0.25, 0.3) is 0 Å². The Balaban J connectivity index is 2.29. The van der Waals surface area contributed by atoms with E-state index in [4.69, 9.17) is 14.3 Å². The molecule has 0 bridgehead atoms. The van der Waals surface area contributed by atoms with E-state index in [0.29, 0.717) is 6.61 Å². The second-order valence-corrected chi connectivity index (χ2v) is 6.09. The zero-order chi connectivity index (χ0) is 14.0. The van der Waals surface area contributed by atoms with Gasteiger partial charge in [-0.1, -0.05) is 0 Å². The van der Waals surface area contributed by atoms with E-state index in [0.717, 1.165) is 10.6 Å². The maximum atomic E-state index is 12.3. The molecule has 1 aliphatic heterocycles. The van der Waals surface area contributed by atoms with E-state index < -0.39 is 28.1 Å². The molecule has 1 N–H and O–H groups in total. The largest absolute Gasteiger partial charge is 0.480 e. The molecule has 0 spiro atoms. The fourth-order valence-electron chi connectivity index (χ4n) is 2.15. The Morgan fingerprint density at radius 3 is 2.89 bits per heavy atom. The van der Waals surface area contributed by atoms with Gasteiger partial charge in [-0.25, -0.2) is 8.42 Å². The number of carboxylic acid groups (broad SMARTS) is 1. The number of sulfonamides is 1. The van der Waals surface area contributed by atoms with Crippen molar-refractivity contribution >= 4 is 16.0 Å². The molecule has 1 aliphatic rings. The highest BCUT2D eigenvalue weighted by Gasteiger charge is 2.44. The minimum Gasteiger partial charge on any atom is -0.480 e. The summed E-state index contributed by atoms with van der Waals surface area (Å²) < 4.78 is 35.7. The third-order valence-electron chi connectivity index (χ3n) is 3.01. The lowest BCUT2D eigenvalue weighted by atomic mass is 10.2. The highest BCUT2D eigenvalue weighted by Crippen LogP contribution is 2.28. The molecule has 1 aromatic rings. The van der Waals surface area contributed by atoms with Crippen LogP contribution in [-0.2, 0) is 19.6 Å². The molecule has 0 amide bonds. The highest BCUT2D eigenvalue weighted by atomic mass is 32.2. The predicted molar refractivity (Wildman–Crippen MR) is 64.1 cm³/mol. The molecular weight excluding hydrogens is 274 g/mol. The maximum absolute atomic E-state index is 12.3. The average Bonchev–Trinajstić information content (AvgIpc) is 2.98. The Morgan fingerprint density at radius 2 is 2.37 bits per heavy atom. The van der Waals surface area contributed by atoms with Gasteiger partial charge in [0.05, 0.1) is 12.4 Å². The lowest BCUT2D eigenvalue weighted by Gasteiger charge is -2.19. The van der Waals surface area contributed by atoms with Gasteiger partial charge in [0.2, 0.25) is 10.0 Å². The SMILES string of the molecule is CCO[C@@H]1C[C@@H](C(=O)O)N(S(=O)(=O)c2ccoc2)C1. The first-order valence-corrected chi connectivity index (χ1v) is 7.29. The summed E-state index contributed by atoms with van der Waals surface area (Å²) in [5.41, 5.74) is 0. The number of carboxylic acids is 1. The van der Waals surface area contributed by atoms with Gasteiger partial charge in [-0.3, -0.25) is 4.79 Å². The van der Waals surface area contributed by atoms with Crippen LogP contribution in [0.2, 0.25) is 0 Å². The van der Waals surface area contributed by atoms with Crippen LogP contribution in [0.15, 0.2) is 27.9 Å². The predicted octanol–water partition coefficient (Wildman–Crippen LogP) is 0.532. The average molecular weight is 289 g/mol. The zero-order valence-electron chi connectivity index (χ0n) is 10.4. The van der Waals surface area contributed by atoms with Gasteiger partial charge in [0.15, 0.2) is 0 Å². The van der Waals surface area contributed by atoms with Crippen molar-refractivity contribution in [3.8, 4) is 0 Å². The second-order valence-electron chi connectivity index (χ2n) is 4.20. The van der Waals surface area contributed by atoms with E-state index in [1.54, 1.807) is 6.92 Å². The summed E-state index contributed by atoms with van der Waals surface area (Å²) in [5.74, 6) is -1.17. The van der Waals surface area contributed by atoms with E-state index in [1.807, 2.05) is 0 Å². The zero-order valence-corrected chi connectivity index (χ0v) is 11.2. The first-order valence-electron chi connectivity index (χ1n) is 5.85. The maximum Gasteiger partial charge on any atom is 0.322 e. The standard InChI is InChI=1S/C11H15NO6S/c1-2-18-8-5-10(11(13)14)12(6-8)19(15,16)9-3-4-17-7-9/h3-4,7-8,10H,2,5-6H2,1H3,(H,13,14)/t8-,10+/m1/s1. The van der Waals surface area contributed by atoms with Gasteiger partial charge in [-0.05, 0) is 13.0 Å². The summed E-state index contributed by atoms with van der Waals surface area (Å²) in [6.07, 6.45) is 2.08. The number of ether oxygens (including phenoxy) is 1. The van der Waals surface area contributed by atoms with Gasteiger partial charge in [0.1, 0.15) is 17.2 Å². The van der Waals surface area contributed by atoms with Gasteiger partial charge in [-0.2, -0.15) is 4.31 Å². The lowest BCUT2D eigenvalue weighted by Crippen LogP contribution is -2.40. The summed E-state index contributed by atoms with van der Waals surface area (Å²) in [5, 5.41) is 9.15. The number of hydrogen-bond donors (Lipinski definition) is 1. The van der Waals surface area contributed by atoms with Crippen LogP contribution in [-0.4, -0.2) is 49.1 Å². The van der Waals surface area contributed by atoms with E-state index in [2.05, 4.69) is 0 Å². The number of nitrogens with zero attached hydrogens (tertiary/aromatic N) is 1. The van der Waals surface area contributed by atoms with Crippen molar-refractivity contribution in [3.63, 3.8) is 0 Å². The van der Waals surface area contributed by atoms with Crippen LogP contribution in [0.1, 0.15) is 13.3 Å². The lowest BCUT2D eigenvalue weighted by molar-refractivity contribution is -0.140. The quantitative estimate of drug-likeness (QED) is 0.849. The molecule has 1 saturated heterocycles. The molecule has 2 atom stereocenters. The van der Waals surface area contributed by atoms with Crippen molar-refractivity contribution in [2.75, 3.05) is 13.2 Å². The molecule has 106 valence electrons. The normalized spacial score (nSPS) is 24.7. The Hall–Kier alpha value is -1.38. The van der Waals surface area contributed by atoms with Crippen molar-refractivity contribution < 1.29 is 27.5 Å². The van der Waals surface area contributed by atoms with E-state index in [9.17, 15) is 13.2 Å². The Bertz CT molecular complexity index is 538. The van der Waals surface area contributed by atoms with Crippen LogP contribution in [0.4, 0.5) is 0 Å². The fraction of sp³-hybridized carbons (Fsp3) is 0.545. The summed E-state index contributed by atoms with van der Waals surface area (Å²) in [4.78, 5) is 11.1. The van der Waals surface area contributed by atoms with Crippen molar-refractivity contribution in [2.45, 2.75) is 30.4 Å². The monoisotopic (exact) mass is 289 g/mol. The Kier molecular flexibility index (Phi) is 3.93. The van der Waals surface area contributed by atoms with Gasteiger partial charge < -0.3 is 14.3 Å². The summed E-state index contributed by atoms with van der Waals surface area (Å²) in [7, 11) is -3.86. The van der Waals surface area contributed by atoms with Crippen molar-refractivity contribution in [1.82, 2.24) is 4.31 Å². The molecule has 19 heavy (non-hydrogen) atoms. The number of hydrogen-bond acceptors (Lipinski definition) is 5.